The van der Waals surface area contributed by atoms with Crippen LogP contribution in [0.2, 0.25) is 0 Å². The maximum absolute atomic E-state index is 13.1. The summed E-state index contributed by atoms with van der Waals surface area (Å²) in [6.45, 7) is 0.361. The van der Waals surface area contributed by atoms with Crippen molar-refractivity contribution >= 4 is 89.8 Å². The highest BCUT2D eigenvalue weighted by atomic mass is 127. The number of carbonyl (C=O) groups excluding carboxylic acids is 2. The Hall–Kier alpha value is 0.0500. The lowest BCUT2D eigenvalue weighted by atomic mass is 10.1. The van der Waals surface area contributed by atoms with Crippen molar-refractivity contribution in [2.45, 2.75) is 44.4 Å². The van der Waals surface area contributed by atoms with Crippen molar-refractivity contribution in [2.24, 2.45) is 0 Å². The Morgan fingerprint density at radius 3 is 1.93 bits per heavy atom. The van der Waals surface area contributed by atoms with Crippen molar-refractivity contribution in [1.29, 1.82) is 0 Å². The monoisotopic (exact) mass is 790 g/mol. The number of ether oxygens (including phenoxy) is 2. The Kier molecular flexibility index (Phi) is 10.5. The van der Waals surface area contributed by atoms with Gasteiger partial charge in [0.1, 0.15) is 5.75 Å². The first kappa shape index (κ1) is 28.1. The Balaban J connectivity index is 2.55. The molecule has 0 aliphatic heterocycles. The molecule has 0 fully saturated rings. The van der Waals surface area contributed by atoms with Crippen molar-refractivity contribution in [3.8, 4) is 5.75 Å². The van der Waals surface area contributed by atoms with Crippen LogP contribution in [0.1, 0.15) is 32.6 Å². The zero-order valence-electron chi connectivity index (χ0n) is 15.3. The number of hydrogen-bond acceptors (Lipinski definition) is 6. The van der Waals surface area contributed by atoms with Gasteiger partial charge in [-0.25, -0.2) is 0 Å². The predicted molar refractivity (Wildman–Crippen MR) is 126 cm³/mol. The van der Waals surface area contributed by atoms with Crippen molar-refractivity contribution in [3.63, 3.8) is 0 Å². The van der Waals surface area contributed by atoms with E-state index in [1.165, 1.54) is 0 Å². The van der Waals surface area contributed by atoms with Gasteiger partial charge in [-0.05, 0) is 99.7 Å². The Labute approximate surface area is 212 Å². The van der Waals surface area contributed by atoms with Crippen molar-refractivity contribution < 1.29 is 45.2 Å². The van der Waals surface area contributed by atoms with Gasteiger partial charge in [-0.2, -0.15) is 21.6 Å². The fourth-order valence-corrected chi connectivity index (χ4v) is 6.87. The van der Waals surface area contributed by atoms with E-state index in [9.17, 15) is 31.2 Å². The molecule has 0 amide bonds. The minimum absolute atomic E-state index is 0.0224. The molecule has 0 aliphatic carbocycles. The molecule has 1 N–H and O–H groups in total. The Bertz CT molecular complexity index is 883. The average molecular weight is 790 g/mol. The SMILES string of the molecule is CC(CS(=O)(=O)O)(OC(=O)CCCCC(=O)Oc1c(I)cc(I)cc1I)C(F)(F)F. The number of carbonyl (C=O) groups is 2. The Morgan fingerprint density at radius 2 is 1.50 bits per heavy atom. The van der Waals surface area contributed by atoms with Crippen molar-refractivity contribution in [2.75, 3.05) is 5.75 Å². The molecule has 1 atom stereocenters. The van der Waals surface area contributed by atoms with Crippen LogP contribution in [0.25, 0.3) is 0 Å². The molecule has 1 unspecified atom stereocenters. The lowest BCUT2D eigenvalue weighted by molar-refractivity contribution is -0.256. The maximum atomic E-state index is 13.1. The number of alkyl halides is 3. The quantitative estimate of drug-likeness (QED) is 0.127. The molecule has 0 saturated carbocycles. The molecular formula is C16H16F3I3O7S. The molecule has 30 heavy (non-hydrogen) atoms. The molecule has 14 heteroatoms. The van der Waals surface area contributed by atoms with Crippen LogP contribution >= 0.6 is 67.8 Å². The van der Waals surface area contributed by atoms with Crippen LogP contribution in [0.4, 0.5) is 13.2 Å². The van der Waals surface area contributed by atoms with Gasteiger partial charge in [-0.15, -0.1) is 0 Å². The van der Waals surface area contributed by atoms with Gasteiger partial charge < -0.3 is 9.47 Å². The molecular weight excluding hydrogens is 774 g/mol. The summed E-state index contributed by atoms with van der Waals surface area (Å²) in [5, 5.41) is 0. The van der Waals surface area contributed by atoms with Crippen LogP contribution in [-0.4, -0.2) is 42.4 Å². The molecule has 0 aromatic heterocycles. The third-order valence-corrected chi connectivity index (χ3v) is 6.73. The highest BCUT2D eigenvalue weighted by Gasteiger charge is 2.56. The molecule has 0 heterocycles. The predicted octanol–water partition coefficient (Wildman–Crippen LogP) is 4.72. The summed E-state index contributed by atoms with van der Waals surface area (Å²) in [6.07, 6.45) is -5.58. The largest absolute Gasteiger partial charge is 0.448 e. The summed E-state index contributed by atoms with van der Waals surface area (Å²) >= 11 is 6.18. The molecule has 0 bridgehead atoms. The van der Waals surface area contributed by atoms with Gasteiger partial charge >= 0.3 is 18.1 Å². The van der Waals surface area contributed by atoms with Gasteiger partial charge in [0.15, 0.2) is 5.75 Å². The van der Waals surface area contributed by atoms with Crippen molar-refractivity contribution in [1.82, 2.24) is 0 Å². The topological polar surface area (TPSA) is 107 Å². The summed E-state index contributed by atoms with van der Waals surface area (Å²) in [4.78, 5) is 23.7. The smallest absolute Gasteiger partial charge is 0.429 e. The fraction of sp³-hybridized carbons (Fsp3) is 0.500. The summed E-state index contributed by atoms with van der Waals surface area (Å²) in [6, 6.07) is 3.65. The highest BCUT2D eigenvalue weighted by molar-refractivity contribution is 14.1. The lowest BCUT2D eigenvalue weighted by Crippen LogP contribution is -2.51. The number of rotatable bonds is 9. The average Bonchev–Trinajstić information content (AvgIpc) is 2.52. The zero-order chi connectivity index (χ0) is 23.3. The van der Waals surface area contributed by atoms with Gasteiger partial charge in [0.2, 0.25) is 5.60 Å². The van der Waals surface area contributed by atoms with E-state index in [0.717, 1.165) is 10.7 Å². The third-order valence-electron chi connectivity index (χ3n) is 3.59. The van der Waals surface area contributed by atoms with Crippen LogP contribution in [0.15, 0.2) is 12.1 Å². The standard InChI is InChI=1S/C16H16F3I3O7S/c1-15(16(17,18)19,8-30(25,26)27)29-13(24)5-3-2-4-12(23)28-14-10(21)6-9(20)7-11(14)22/h6-7H,2-5,8H2,1H3,(H,25,26,27). The van der Waals surface area contributed by atoms with E-state index in [4.69, 9.17) is 9.29 Å². The van der Waals surface area contributed by atoms with Crippen LogP contribution in [0.5, 0.6) is 5.75 Å². The summed E-state index contributed by atoms with van der Waals surface area (Å²) in [7, 11) is -5.05. The number of halogens is 6. The van der Waals surface area contributed by atoms with E-state index >= 15 is 0 Å². The molecule has 7 nitrogen and oxygen atoms in total. The first-order chi connectivity index (χ1) is 13.5. The lowest BCUT2D eigenvalue weighted by Gasteiger charge is -2.30. The van der Waals surface area contributed by atoms with E-state index in [1.54, 1.807) is 0 Å². The number of unbranched alkanes of at least 4 members (excludes halogenated alkanes) is 1. The minimum Gasteiger partial charge on any atom is -0.448 e. The second-order valence-electron chi connectivity index (χ2n) is 6.31. The molecule has 1 aromatic rings. The summed E-state index contributed by atoms with van der Waals surface area (Å²) in [5.41, 5.74) is -3.38. The molecule has 0 spiro atoms. The van der Waals surface area contributed by atoms with E-state index in [1.807, 2.05) is 57.3 Å². The van der Waals surface area contributed by atoms with Gasteiger partial charge in [-0.3, -0.25) is 14.1 Å². The molecule has 170 valence electrons. The molecule has 0 aliphatic rings. The van der Waals surface area contributed by atoms with Crippen LogP contribution in [-0.2, 0) is 24.4 Å². The van der Waals surface area contributed by atoms with Crippen LogP contribution in [0.3, 0.4) is 0 Å². The minimum atomic E-state index is -5.20. The first-order valence-corrected chi connectivity index (χ1v) is 13.0. The Morgan fingerprint density at radius 1 is 1.03 bits per heavy atom. The van der Waals surface area contributed by atoms with E-state index in [0.29, 0.717) is 12.7 Å². The zero-order valence-corrected chi connectivity index (χ0v) is 22.6. The van der Waals surface area contributed by atoms with E-state index in [2.05, 4.69) is 27.3 Å². The molecule has 0 saturated heterocycles. The van der Waals surface area contributed by atoms with Crippen LogP contribution in [0, 0.1) is 10.7 Å². The van der Waals surface area contributed by atoms with Crippen molar-refractivity contribution in [3.05, 3.63) is 22.8 Å². The van der Waals surface area contributed by atoms with Gasteiger partial charge in [0, 0.05) is 16.4 Å². The van der Waals surface area contributed by atoms with Gasteiger partial charge in [0.25, 0.3) is 10.1 Å². The van der Waals surface area contributed by atoms with Gasteiger partial charge in [-0.1, -0.05) is 0 Å². The van der Waals surface area contributed by atoms with E-state index < -0.39 is 46.0 Å². The second-order valence-corrected chi connectivity index (χ2v) is 11.3. The first-order valence-electron chi connectivity index (χ1n) is 8.13. The summed E-state index contributed by atoms with van der Waals surface area (Å²) < 4.78 is 81.7. The molecule has 0 radical (unpaired) electrons. The second kappa shape index (κ2) is 11.3. The fourth-order valence-electron chi connectivity index (χ4n) is 2.15. The number of esters is 2. The molecule has 1 rings (SSSR count). The highest BCUT2D eigenvalue weighted by Crippen LogP contribution is 2.35. The normalized spacial score (nSPS) is 14.1. The summed E-state index contributed by atoms with van der Waals surface area (Å²) in [5.74, 6) is -3.26. The van der Waals surface area contributed by atoms with Gasteiger partial charge in [0.05, 0.1) is 7.14 Å². The number of benzene rings is 1. The molecule has 1 aromatic carbocycles. The number of hydrogen-bond donors (Lipinski definition) is 1. The van der Waals surface area contributed by atoms with E-state index in [-0.39, 0.29) is 19.3 Å². The maximum Gasteiger partial charge on any atom is 0.429 e. The van der Waals surface area contributed by atoms with Crippen LogP contribution < -0.4 is 4.74 Å². The third kappa shape index (κ3) is 9.27.